The zero-order chi connectivity index (χ0) is 17.1. The van der Waals surface area contributed by atoms with Crippen LogP contribution in [0, 0.1) is 18.3 Å². The highest BCUT2D eigenvalue weighted by molar-refractivity contribution is 5.48. The Labute approximate surface area is 139 Å². The van der Waals surface area contributed by atoms with Crippen LogP contribution in [0.5, 0.6) is 0 Å². The topological polar surface area (TPSA) is 82.1 Å². The van der Waals surface area contributed by atoms with E-state index in [1.807, 2.05) is 35.9 Å². The maximum Gasteiger partial charge on any atom is 0.183 e. The van der Waals surface area contributed by atoms with Gasteiger partial charge in [-0.2, -0.15) is 5.26 Å². The van der Waals surface area contributed by atoms with Gasteiger partial charge in [-0.25, -0.2) is 14.4 Å². The number of aryl methyl sites for hydroxylation is 1. The predicted molar refractivity (Wildman–Crippen MR) is 85.0 cm³/mol. The average Bonchev–Trinajstić information content (AvgIpc) is 3.13. The third-order valence-electron chi connectivity index (χ3n) is 4.14. The summed E-state index contributed by atoms with van der Waals surface area (Å²) in [5, 5.41) is 13.0. The van der Waals surface area contributed by atoms with Crippen LogP contribution < -0.4 is 4.90 Å². The SMILES string of the molecule is Cc1cc(CN2C[C@@H](F)C[C@H]2CN(C)c2nccnc2C#N)on1. The average molecular weight is 330 g/mol. The molecule has 2 aromatic heterocycles. The lowest BCUT2D eigenvalue weighted by molar-refractivity contribution is 0.209. The second-order valence-electron chi connectivity index (χ2n) is 6.07. The van der Waals surface area contributed by atoms with Gasteiger partial charge in [0.1, 0.15) is 12.2 Å². The van der Waals surface area contributed by atoms with Gasteiger partial charge in [-0.15, -0.1) is 0 Å². The molecule has 2 atom stereocenters. The molecule has 8 heteroatoms. The first-order valence-corrected chi connectivity index (χ1v) is 7.79. The molecule has 3 rings (SSSR count). The van der Waals surface area contributed by atoms with E-state index in [4.69, 9.17) is 9.78 Å². The molecular formula is C16H19FN6O. The Morgan fingerprint density at radius 2 is 2.25 bits per heavy atom. The monoisotopic (exact) mass is 330 g/mol. The molecule has 7 nitrogen and oxygen atoms in total. The molecule has 2 aromatic rings. The van der Waals surface area contributed by atoms with Gasteiger partial charge < -0.3 is 9.42 Å². The summed E-state index contributed by atoms with van der Waals surface area (Å²) in [7, 11) is 1.84. The van der Waals surface area contributed by atoms with Gasteiger partial charge >= 0.3 is 0 Å². The molecule has 0 radical (unpaired) electrons. The summed E-state index contributed by atoms with van der Waals surface area (Å²) < 4.78 is 19.2. The van der Waals surface area contributed by atoms with Gasteiger partial charge in [-0.1, -0.05) is 5.16 Å². The van der Waals surface area contributed by atoms with E-state index in [1.54, 1.807) is 6.20 Å². The van der Waals surface area contributed by atoms with Crippen molar-refractivity contribution < 1.29 is 8.91 Å². The Bertz CT molecular complexity index is 742. The second kappa shape index (κ2) is 6.93. The zero-order valence-corrected chi connectivity index (χ0v) is 13.7. The van der Waals surface area contributed by atoms with Crippen LogP contribution >= 0.6 is 0 Å². The third-order valence-corrected chi connectivity index (χ3v) is 4.14. The van der Waals surface area contributed by atoms with Crippen molar-refractivity contribution in [3.8, 4) is 6.07 Å². The van der Waals surface area contributed by atoms with Gasteiger partial charge in [0.25, 0.3) is 0 Å². The van der Waals surface area contributed by atoms with Gasteiger partial charge in [-0.05, 0) is 13.3 Å². The van der Waals surface area contributed by atoms with E-state index < -0.39 is 6.17 Å². The number of likely N-dealkylation sites (N-methyl/N-ethyl adjacent to an activating group) is 1. The quantitative estimate of drug-likeness (QED) is 0.825. The highest BCUT2D eigenvalue weighted by atomic mass is 19.1. The summed E-state index contributed by atoms with van der Waals surface area (Å²) in [6.07, 6.45) is 2.61. The van der Waals surface area contributed by atoms with Crippen molar-refractivity contribution in [3.63, 3.8) is 0 Å². The molecule has 1 aliphatic rings. The molecule has 1 fully saturated rings. The third kappa shape index (κ3) is 3.51. The van der Waals surface area contributed by atoms with Gasteiger partial charge in [0.05, 0.1) is 12.2 Å². The molecule has 1 aliphatic heterocycles. The maximum absolute atomic E-state index is 13.9. The van der Waals surface area contributed by atoms with E-state index in [2.05, 4.69) is 15.1 Å². The molecule has 1 saturated heterocycles. The molecule has 0 aromatic carbocycles. The number of nitriles is 1. The van der Waals surface area contributed by atoms with Crippen molar-refractivity contribution in [3.05, 3.63) is 35.6 Å². The number of alkyl halides is 1. The minimum Gasteiger partial charge on any atom is -0.360 e. The minimum absolute atomic E-state index is 0.00366. The van der Waals surface area contributed by atoms with Crippen LogP contribution in [-0.2, 0) is 6.54 Å². The maximum atomic E-state index is 13.9. The highest BCUT2D eigenvalue weighted by Gasteiger charge is 2.34. The van der Waals surface area contributed by atoms with E-state index >= 15 is 0 Å². The van der Waals surface area contributed by atoms with Crippen LogP contribution in [0.25, 0.3) is 0 Å². The summed E-state index contributed by atoms with van der Waals surface area (Å²) >= 11 is 0. The molecule has 0 spiro atoms. The van der Waals surface area contributed by atoms with Crippen molar-refractivity contribution in [2.24, 2.45) is 0 Å². The zero-order valence-electron chi connectivity index (χ0n) is 13.7. The van der Waals surface area contributed by atoms with E-state index in [0.717, 1.165) is 11.5 Å². The molecule has 0 N–H and O–H groups in total. The lowest BCUT2D eigenvalue weighted by Crippen LogP contribution is -2.39. The standard InChI is InChI=1S/C16H19FN6O/c1-11-5-14(24-21-11)10-23-8-12(17)6-13(23)9-22(2)16-15(7-18)19-3-4-20-16/h3-5,12-13H,6,8-10H2,1-2H3/t12-,13-/m0/s1. The molecule has 0 unspecified atom stereocenters. The number of hydrogen-bond donors (Lipinski definition) is 0. The summed E-state index contributed by atoms with van der Waals surface area (Å²) in [4.78, 5) is 12.1. The highest BCUT2D eigenvalue weighted by Crippen LogP contribution is 2.25. The Morgan fingerprint density at radius 3 is 2.96 bits per heavy atom. The van der Waals surface area contributed by atoms with E-state index in [-0.39, 0.29) is 11.7 Å². The lowest BCUT2D eigenvalue weighted by Gasteiger charge is -2.28. The molecule has 3 heterocycles. The largest absolute Gasteiger partial charge is 0.360 e. The van der Waals surface area contributed by atoms with Crippen molar-refractivity contribution in [1.82, 2.24) is 20.0 Å². The predicted octanol–water partition coefficient (Wildman–Crippen LogP) is 1.69. The van der Waals surface area contributed by atoms with E-state index in [1.165, 1.54) is 6.20 Å². The van der Waals surface area contributed by atoms with Gasteiger partial charge in [0, 0.05) is 44.6 Å². The van der Waals surface area contributed by atoms with E-state index in [0.29, 0.717) is 31.9 Å². The first-order chi connectivity index (χ1) is 11.6. The van der Waals surface area contributed by atoms with Crippen molar-refractivity contribution in [1.29, 1.82) is 5.26 Å². The number of nitrogens with zero attached hydrogens (tertiary/aromatic N) is 6. The van der Waals surface area contributed by atoms with Crippen LogP contribution in [0.3, 0.4) is 0 Å². The fourth-order valence-corrected chi connectivity index (χ4v) is 3.09. The van der Waals surface area contributed by atoms with Crippen molar-refractivity contribution in [2.45, 2.75) is 32.1 Å². The smallest absolute Gasteiger partial charge is 0.183 e. The normalized spacial score (nSPS) is 20.9. The van der Waals surface area contributed by atoms with Crippen molar-refractivity contribution in [2.75, 3.05) is 25.0 Å². The van der Waals surface area contributed by atoms with Crippen LogP contribution in [0.2, 0.25) is 0 Å². The Kier molecular flexibility index (Phi) is 4.71. The van der Waals surface area contributed by atoms with E-state index in [9.17, 15) is 4.39 Å². The van der Waals surface area contributed by atoms with Crippen LogP contribution in [0.4, 0.5) is 10.2 Å². The molecule has 0 saturated carbocycles. The second-order valence-corrected chi connectivity index (χ2v) is 6.07. The number of halogens is 1. The van der Waals surface area contributed by atoms with Crippen LogP contribution in [0.1, 0.15) is 23.6 Å². The Morgan fingerprint density at radius 1 is 1.46 bits per heavy atom. The summed E-state index contributed by atoms with van der Waals surface area (Å²) in [6, 6.07) is 3.91. The molecule has 126 valence electrons. The van der Waals surface area contributed by atoms with Crippen LogP contribution in [-0.4, -0.2) is 52.4 Å². The molecule has 0 amide bonds. The fraction of sp³-hybridized carbons (Fsp3) is 0.500. The minimum atomic E-state index is -0.871. The summed E-state index contributed by atoms with van der Waals surface area (Å²) in [6.45, 7) is 3.30. The van der Waals surface area contributed by atoms with Gasteiger partial charge in [0.15, 0.2) is 17.3 Å². The number of rotatable bonds is 5. The molecule has 0 aliphatic carbocycles. The summed E-state index contributed by atoms with van der Waals surface area (Å²) in [5.74, 6) is 1.24. The summed E-state index contributed by atoms with van der Waals surface area (Å²) in [5.41, 5.74) is 1.08. The van der Waals surface area contributed by atoms with Crippen molar-refractivity contribution >= 4 is 5.82 Å². The fourth-order valence-electron chi connectivity index (χ4n) is 3.09. The number of likely N-dealkylation sites (tertiary alicyclic amines) is 1. The number of anilines is 1. The first kappa shape index (κ1) is 16.3. The molecule has 0 bridgehead atoms. The van der Waals surface area contributed by atoms with Gasteiger partial charge in [0.2, 0.25) is 0 Å². The Hall–Kier alpha value is -2.53. The first-order valence-electron chi connectivity index (χ1n) is 7.79. The van der Waals surface area contributed by atoms with Gasteiger partial charge in [-0.3, -0.25) is 4.90 Å². The van der Waals surface area contributed by atoms with Crippen LogP contribution in [0.15, 0.2) is 23.0 Å². The number of hydrogen-bond acceptors (Lipinski definition) is 7. The molecule has 24 heavy (non-hydrogen) atoms. The number of aromatic nitrogens is 3. The molecular weight excluding hydrogens is 311 g/mol. The Balaban J connectivity index is 1.71. The lowest BCUT2D eigenvalue weighted by atomic mass is 10.2.